The van der Waals surface area contributed by atoms with Crippen molar-refractivity contribution in [1.29, 1.82) is 0 Å². The number of anilines is 2. The third-order valence-electron chi connectivity index (χ3n) is 5.83. The quantitative estimate of drug-likeness (QED) is 0.389. The Kier molecular flexibility index (Phi) is 9.04. The van der Waals surface area contributed by atoms with Crippen LogP contribution in [0.25, 0.3) is 0 Å². The van der Waals surface area contributed by atoms with Crippen LogP contribution in [-0.4, -0.2) is 67.0 Å². The van der Waals surface area contributed by atoms with E-state index in [0.717, 1.165) is 4.31 Å². The number of amides is 1. The van der Waals surface area contributed by atoms with Crippen molar-refractivity contribution >= 4 is 60.5 Å². The zero-order valence-electron chi connectivity index (χ0n) is 20.7. The number of ether oxygens (including phenoxy) is 2. The summed E-state index contributed by atoms with van der Waals surface area (Å²) in [7, 11) is -6.84. The van der Waals surface area contributed by atoms with Gasteiger partial charge in [-0.3, -0.25) is 9.10 Å². The van der Waals surface area contributed by atoms with Crippen LogP contribution in [0.15, 0.2) is 76.5 Å². The second-order valence-electron chi connectivity index (χ2n) is 8.35. The lowest BCUT2D eigenvalue weighted by atomic mass is 10.3. The van der Waals surface area contributed by atoms with Crippen molar-refractivity contribution in [3.63, 3.8) is 0 Å². The monoisotopic (exact) mass is 613 g/mol. The third-order valence-corrected chi connectivity index (χ3v) is 10.1. The topological polar surface area (TPSA) is 122 Å². The van der Waals surface area contributed by atoms with Gasteiger partial charge in [-0.1, -0.05) is 41.4 Å². The second kappa shape index (κ2) is 12.1. The smallest absolute Gasteiger partial charge is 0.264 e. The van der Waals surface area contributed by atoms with Gasteiger partial charge in [0.05, 0.1) is 35.9 Å². The molecular weight excluding hydrogens is 589 g/mol. The molecule has 39 heavy (non-hydrogen) atoms. The number of hydrogen-bond acceptors (Lipinski definition) is 7. The molecule has 0 aliphatic carbocycles. The molecule has 1 N–H and O–H groups in total. The van der Waals surface area contributed by atoms with Crippen molar-refractivity contribution in [2.75, 3.05) is 49.6 Å². The van der Waals surface area contributed by atoms with E-state index in [4.69, 9.17) is 32.7 Å². The first-order chi connectivity index (χ1) is 18.5. The van der Waals surface area contributed by atoms with Gasteiger partial charge < -0.3 is 14.8 Å². The van der Waals surface area contributed by atoms with Gasteiger partial charge in [0.2, 0.25) is 15.9 Å². The zero-order chi connectivity index (χ0) is 28.2. The largest absolute Gasteiger partial charge is 0.495 e. The molecule has 0 spiro atoms. The Bertz CT molecular complexity index is 1560. The van der Waals surface area contributed by atoms with Crippen LogP contribution >= 0.6 is 23.2 Å². The molecule has 0 unspecified atom stereocenters. The highest BCUT2D eigenvalue weighted by Gasteiger charge is 2.31. The molecule has 1 saturated heterocycles. The molecule has 1 amide bonds. The summed E-state index contributed by atoms with van der Waals surface area (Å²) < 4.78 is 66.3. The molecule has 14 heteroatoms. The SMILES string of the molecule is COc1ccc(NC(=O)CN(c2ccc(Cl)cc2Cl)S(=O)(=O)c2ccccc2)cc1S(=O)(=O)N1CCOCC1. The molecule has 0 atom stereocenters. The molecule has 3 aromatic carbocycles. The van der Waals surface area contributed by atoms with Crippen LogP contribution in [0.3, 0.4) is 0 Å². The molecule has 10 nitrogen and oxygen atoms in total. The van der Waals surface area contributed by atoms with Gasteiger partial charge in [-0.25, -0.2) is 16.8 Å². The maximum absolute atomic E-state index is 13.5. The van der Waals surface area contributed by atoms with Crippen LogP contribution in [0, 0.1) is 0 Å². The zero-order valence-corrected chi connectivity index (χ0v) is 23.9. The lowest BCUT2D eigenvalue weighted by molar-refractivity contribution is -0.114. The van der Waals surface area contributed by atoms with Crippen LogP contribution in [-0.2, 0) is 29.6 Å². The maximum atomic E-state index is 13.5. The first-order valence-electron chi connectivity index (χ1n) is 11.6. The summed E-state index contributed by atoms with van der Waals surface area (Å²) >= 11 is 12.3. The van der Waals surface area contributed by atoms with Crippen molar-refractivity contribution in [3.05, 3.63) is 76.8 Å². The molecule has 4 rings (SSSR count). The summed E-state index contributed by atoms with van der Waals surface area (Å²) in [6.07, 6.45) is 0. The maximum Gasteiger partial charge on any atom is 0.264 e. The molecule has 208 valence electrons. The summed E-state index contributed by atoms with van der Waals surface area (Å²) in [5.41, 5.74) is 0.178. The molecule has 0 radical (unpaired) electrons. The van der Waals surface area contributed by atoms with E-state index in [1.54, 1.807) is 18.2 Å². The van der Waals surface area contributed by atoms with Crippen LogP contribution < -0.4 is 14.4 Å². The highest BCUT2D eigenvalue weighted by atomic mass is 35.5. The fourth-order valence-electron chi connectivity index (χ4n) is 3.92. The van der Waals surface area contributed by atoms with Gasteiger partial charge in [0.25, 0.3) is 10.0 Å². The van der Waals surface area contributed by atoms with Gasteiger partial charge in [-0.2, -0.15) is 4.31 Å². The number of benzene rings is 3. The lowest BCUT2D eigenvalue weighted by Gasteiger charge is -2.27. The molecule has 1 aliphatic rings. The van der Waals surface area contributed by atoms with E-state index < -0.39 is 32.5 Å². The summed E-state index contributed by atoms with van der Waals surface area (Å²) in [6, 6.07) is 16.0. The summed E-state index contributed by atoms with van der Waals surface area (Å²) in [6.45, 7) is 0.219. The van der Waals surface area contributed by atoms with Gasteiger partial charge in [0, 0.05) is 23.8 Å². The Morgan fingerprint density at radius 3 is 2.33 bits per heavy atom. The van der Waals surface area contributed by atoms with Gasteiger partial charge in [0.15, 0.2) is 0 Å². The molecule has 3 aromatic rings. The molecule has 1 aliphatic heterocycles. The van der Waals surface area contributed by atoms with Crippen molar-refractivity contribution in [3.8, 4) is 5.75 Å². The molecule has 1 heterocycles. The number of carbonyl (C=O) groups excluding carboxylic acids is 1. The van der Waals surface area contributed by atoms with Gasteiger partial charge in [-0.15, -0.1) is 0 Å². The van der Waals surface area contributed by atoms with Gasteiger partial charge in [0.1, 0.15) is 17.2 Å². The minimum Gasteiger partial charge on any atom is -0.495 e. The molecule has 0 saturated carbocycles. The number of hydrogen-bond donors (Lipinski definition) is 1. The van der Waals surface area contributed by atoms with E-state index in [2.05, 4.69) is 5.32 Å². The first kappa shape index (κ1) is 29.1. The van der Waals surface area contributed by atoms with Gasteiger partial charge >= 0.3 is 0 Å². The number of nitrogens with one attached hydrogen (secondary N) is 1. The number of sulfonamides is 2. The van der Waals surface area contributed by atoms with E-state index in [1.165, 1.54) is 59.9 Å². The van der Waals surface area contributed by atoms with Gasteiger partial charge in [-0.05, 0) is 48.5 Å². The second-order valence-corrected chi connectivity index (χ2v) is 13.0. The number of carbonyl (C=O) groups is 1. The predicted molar refractivity (Wildman–Crippen MR) is 149 cm³/mol. The highest BCUT2D eigenvalue weighted by molar-refractivity contribution is 7.93. The number of nitrogens with zero attached hydrogens (tertiary/aromatic N) is 2. The van der Waals surface area contributed by atoms with Crippen LogP contribution in [0.5, 0.6) is 5.75 Å². The minimum atomic E-state index is -4.22. The van der Waals surface area contributed by atoms with Crippen LogP contribution in [0.2, 0.25) is 10.0 Å². The van der Waals surface area contributed by atoms with Crippen molar-refractivity contribution < 1.29 is 31.1 Å². The van der Waals surface area contributed by atoms with E-state index in [-0.39, 0.29) is 63.3 Å². The number of halogens is 2. The van der Waals surface area contributed by atoms with Crippen LogP contribution in [0.4, 0.5) is 11.4 Å². The Hall–Kier alpha value is -2.87. The lowest BCUT2D eigenvalue weighted by Crippen LogP contribution is -2.40. The minimum absolute atomic E-state index is 0.0261. The fraction of sp³-hybridized carbons (Fsp3) is 0.240. The Balaban J connectivity index is 1.65. The molecule has 0 bridgehead atoms. The molecule has 1 fully saturated rings. The number of morpholine rings is 1. The number of rotatable bonds is 9. The van der Waals surface area contributed by atoms with E-state index in [1.807, 2.05) is 0 Å². The highest BCUT2D eigenvalue weighted by Crippen LogP contribution is 2.33. The van der Waals surface area contributed by atoms with Crippen molar-refractivity contribution in [2.24, 2.45) is 0 Å². The van der Waals surface area contributed by atoms with Crippen molar-refractivity contribution in [1.82, 2.24) is 4.31 Å². The average Bonchev–Trinajstić information content (AvgIpc) is 2.93. The fourth-order valence-corrected chi connectivity index (χ4v) is 7.53. The standard InChI is InChI=1S/C25H25Cl2N3O7S2/c1-36-23-10-8-19(16-24(23)39(34,35)29-11-13-37-14-12-29)28-25(31)17-30(22-9-7-18(26)15-21(22)27)38(32,33)20-5-3-2-4-6-20/h2-10,15-16H,11-14,17H2,1H3,(H,28,31). The Labute approximate surface area is 237 Å². The average molecular weight is 615 g/mol. The summed E-state index contributed by atoms with van der Waals surface area (Å²) in [5, 5.41) is 2.90. The normalized spacial score (nSPS) is 14.5. The summed E-state index contributed by atoms with van der Waals surface area (Å²) in [4.78, 5) is 13.0. The van der Waals surface area contributed by atoms with Crippen molar-refractivity contribution in [2.45, 2.75) is 9.79 Å². The Morgan fingerprint density at radius 1 is 1.00 bits per heavy atom. The third kappa shape index (κ3) is 6.48. The van der Waals surface area contributed by atoms with E-state index in [9.17, 15) is 21.6 Å². The van der Waals surface area contributed by atoms with Crippen LogP contribution in [0.1, 0.15) is 0 Å². The van der Waals surface area contributed by atoms with E-state index >= 15 is 0 Å². The molecule has 0 aromatic heterocycles. The summed E-state index contributed by atoms with van der Waals surface area (Å²) in [5.74, 6) is -0.638. The predicted octanol–water partition coefficient (Wildman–Crippen LogP) is 3.86. The van der Waals surface area contributed by atoms with E-state index in [0.29, 0.717) is 0 Å². The first-order valence-corrected chi connectivity index (χ1v) is 15.3. The Morgan fingerprint density at radius 2 is 1.69 bits per heavy atom. The number of methoxy groups -OCH3 is 1. The molecular formula is C25H25Cl2N3O7S2.